The molecule has 0 spiro atoms. The number of nitrogens with one attached hydrogen (secondary N) is 2. The van der Waals surface area contributed by atoms with Gasteiger partial charge in [0.05, 0.1) is 12.1 Å². The van der Waals surface area contributed by atoms with Crippen molar-refractivity contribution >= 4 is 56.6 Å². The third kappa shape index (κ3) is 11.0. The van der Waals surface area contributed by atoms with Crippen LogP contribution in [0.5, 0.6) is 0 Å². The monoisotopic (exact) mass is 860 g/mol. The summed E-state index contributed by atoms with van der Waals surface area (Å²) in [6.45, 7) is 7.49. The van der Waals surface area contributed by atoms with Gasteiger partial charge in [-0.3, -0.25) is 9.59 Å². The molecule has 0 bridgehead atoms. The second kappa shape index (κ2) is 21.9. The number of Topliss-reactive ketones (excluding diaryl/α,β-unsaturated/α-hetero) is 2. The van der Waals surface area contributed by atoms with Crippen molar-refractivity contribution in [2.45, 2.75) is 64.7 Å². The molecule has 0 aliphatic rings. The smallest absolute Gasteiger partial charge is 0.186 e. The van der Waals surface area contributed by atoms with Gasteiger partial charge in [-0.15, -0.1) is 0 Å². The molecule has 0 saturated heterocycles. The van der Waals surface area contributed by atoms with E-state index < -0.39 is 12.1 Å². The minimum atomic E-state index is -0.394. The summed E-state index contributed by atoms with van der Waals surface area (Å²) in [4.78, 5) is 27.5. The van der Waals surface area contributed by atoms with Gasteiger partial charge in [0.2, 0.25) is 0 Å². The summed E-state index contributed by atoms with van der Waals surface area (Å²) >= 11 is 12.0. The first kappa shape index (κ1) is 44.3. The molecular weight excluding hydrogens is 808 g/mol. The summed E-state index contributed by atoms with van der Waals surface area (Å²) in [7, 11) is 0. The molecule has 0 aliphatic heterocycles. The molecule has 2 aromatic heterocycles. The zero-order valence-corrected chi connectivity index (χ0v) is 37.0. The number of carbonyl (C=O) groups is 2. The van der Waals surface area contributed by atoms with Gasteiger partial charge >= 0.3 is 0 Å². The van der Waals surface area contributed by atoms with Crippen LogP contribution in [0.2, 0.25) is 10.0 Å². The number of hydrogen-bond acceptors (Lipinski definition) is 4. The molecule has 0 fully saturated rings. The standard InChI is InChI=1S/2C27H27ClN2O/c2*1-2-18-30-19-24(23-10-6-7-11-25(23)30)27(31)26(21-8-4-3-5-9-21)29-17-16-20-12-14-22(28)15-13-20/h2*3-15,19,26,29H,2,16-18H2,1H3/t2*26-/m10/s1. The molecular formula is C54H54Cl2N4O2. The van der Waals surface area contributed by atoms with Gasteiger partial charge in [0.25, 0.3) is 0 Å². The van der Waals surface area contributed by atoms with E-state index >= 15 is 0 Å². The van der Waals surface area contributed by atoms with E-state index in [0.717, 1.165) is 92.9 Å². The number of hydrogen-bond donors (Lipinski definition) is 2. The maximum Gasteiger partial charge on any atom is 0.186 e. The third-order valence-electron chi connectivity index (χ3n) is 11.2. The summed E-state index contributed by atoms with van der Waals surface area (Å²) in [5, 5.41) is 10.5. The Kier molecular flexibility index (Phi) is 15.6. The van der Waals surface area contributed by atoms with Crippen molar-refractivity contribution in [2.75, 3.05) is 13.1 Å². The van der Waals surface area contributed by atoms with Crippen LogP contribution in [0.4, 0.5) is 0 Å². The highest BCUT2D eigenvalue weighted by Crippen LogP contribution is 2.29. The number of fused-ring (bicyclic) bond motifs is 2. The van der Waals surface area contributed by atoms with E-state index in [1.165, 1.54) is 11.1 Å². The molecule has 2 N–H and O–H groups in total. The fourth-order valence-electron chi connectivity index (χ4n) is 8.09. The number of aryl methyl sites for hydroxylation is 2. The molecule has 2 atom stereocenters. The van der Waals surface area contributed by atoms with Crippen LogP contribution in [-0.4, -0.2) is 33.8 Å². The molecule has 6 aromatic carbocycles. The van der Waals surface area contributed by atoms with Crippen LogP contribution in [-0.2, 0) is 25.9 Å². The van der Waals surface area contributed by atoms with E-state index in [0.29, 0.717) is 13.1 Å². The number of rotatable bonds is 18. The Morgan fingerprint density at radius 2 is 0.839 bits per heavy atom. The second-order valence-electron chi connectivity index (χ2n) is 15.6. The second-order valence-corrected chi connectivity index (χ2v) is 16.5. The lowest BCUT2D eigenvalue weighted by Gasteiger charge is -2.18. The van der Waals surface area contributed by atoms with Crippen molar-refractivity contribution in [1.82, 2.24) is 19.8 Å². The van der Waals surface area contributed by atoms with Crippen molar-refractivity contribution in [3.8, 4) is 0 Å². The lowest BCUT2D eigenvalue weighted by molar-refractivity contribution is 0.0937. The fraction of sp³-hybridized carbons (Fsp3) is 0.222. The number of aromatic nitrogens is 2. The van der Waals surface area contributed by atoms with Gasteiger partial charge in [0, 0.05) is 81.6 Å². The lowest BCUT2D eigenvalue weighted by atomic mass is 9.96. The molecule has 8 aromatic rings. The van der Waals surface area contributed by atoms with Crippen LogP contribution in [0.15, 0.2) is 170 Å². The summed E-state index contributed by atoms with van der Waals surface area (Å²) < 4.78 is 4.39. The molecule has 0 unspecified atom stereocenters. The highest BCUT2D eigenvalue weighted by molar-refractivity contribution is 6.30. The highest BCUT2D eigenvalue weighted by Gasteiger charge is 2.26. The van der Waals surface area contributed by atoms with Crippen LogP contribution in [0.1, 0.15) is 81.7 Å². The Bertz CT molecular complexity index is 2490. The molecule has 316 valence electrons. The largest absolute Gasteiger partial charge is 0.347 e. The van der Waals surface area contributed by atoms with Gasteiger partial charge in [-0.2, -0.15) is 0 Å². The van der Waals surface area contributed by atoms with Crippen molar-refractivity contribution in [1.29, 1.82) is 0 Å². The quantitative estimate of drug-likeness (QED) is 0.0844. The zero-order valence-electron chi connectivity index (χ0n) is 35.4. The summed E-state index contributed by atoms with van der Waals surface area (Å²) in [6.07, 6.45) is 7.74. The van der Waals surface area contributed by atoms with Crippen LogP contribution >= 0.6 is 23.2 Å². The topological polar surface area (TPSA) is 68.1 Å². The molecule has 8 rings (SSSR count). The number of carbonyl (C=O) groups excluding carboxylic acids is 2. The molecule has 0 radical (unpaired) electrons. The van der Waals surface area contributed by atoms with Gasteiger partial charge in [0.1, 0.15) is 0 Å². The molecule has 0 amide bonds. The van der Waals surface area contributed by atoms with Crippen molar-refractivity contribution in [3.05, 3.63) is 214 Å². The van der Waals surface area contributed by atoms with E-state index in [1.54, 1.807) is 0 Å². The molecule has 8 heteroatoms. The van der Waals surface area contributed by atoms with Gasteiger partial charge in [-0.05, 0) is 84.3 Å². The zero-order chi connectivity index (χ0) is 43.3. The predicted octanol–water partition coefficient (Wildman–Crippen LogP) is 12.9. The Hall–Kier alpha value is -5.76. The molecule has 0 saturated carbocycles. The van der Waals surface area contributed by atoms with Crippen molar-refractivity contribution in [3.63, 3.8) is 0 Å². The fourth-order valence-corrected chi connectivity index (χ4v) is 8.34. The lowest BCUT2D eigenvalue weighted by Crippen LogP contribution is -2.30. The van der Waals surface area contributed by atoms with E-state index in [1.807, 2.05) is 158 Å². The van der Waals surface area contributed by atoms with Crippen LogP contribution in [0.25, 0.3) is 21.8 Å². The Morgan fingerprint density at radius 1 is 0.484 bits per heavy atom. The van der Waals surface area contributed by atoms with Gasteiger partial charge in [-0.25, -0.2) is 0 Å². The maximum atomic E-state index is 13.8. The minimum Gasteiger partial charge on any atom is -0.347 e. The summed E-state index contributed by atoms with van der Waals surface area (Å²) in [5.74, 6) is 0.210. The number of nitrogens with zero attached hydrogens (tertiary/aromatic N) is 2. The van der Waals surface area contributed by atoms with Crippen molar-refractivity contribution < 1.29 is 9.59 Å². The van der Waals surface area contributed by atoms with Gasteiger partial charge in [-0.1, -0.05) is 158 Å². The number of halogens is 2. The number of ketones is 2. The average molecular weight is 862 g/mol. The van der Waals surface area contributed by atoms with Crippen molar-refractivity contribution in [2.24, 2.45) is 0 Å². The Labute approximate surface area is 375 Å². The first-order chi connectivity index (χ1) is 30.3. The Morgan fingerprint density at radius 3 is 1.21 bits per heavy atom. The molecule has 62 heavy (non-hydrogen) atoms. The first-order valence-corrected chi connectivity index (χ1v) is 22.4. The van der Waals surface area contributed by atoms with E-state index in [-0.39, 0.29) is 11.6 Å². The SMILES string of the molecule is CCCn1cc(C(=O)[C@@H](NCCc2ccc(Cl)cc2)c2ccccc2)c2ccccc21.CCCn1cc(C(=O)[C@H](NCCc2ccc(Cl)cc2)c2ccccc2)c2ccccc21. The average Bonchev–Trinajstić information content (AvgIpc) is 3.87. The predicted molar refractivity (Wildman–Crippen MR) is 258 cm³/mol. The van der Waals surface area contributed by atoms with Gasteiger partial charge in [0.15, 0.2) is 11.6 Å². The van der Waals surface area contributed by atoms with E-state index in [2.05, 4.69) is 45.7 Å². The van der Waals surface area contributed by atoms with E-state index in [4.69, 9.17) is 23.2 Å². The third-order valence-corrected chi connectivity index (χ3v) is 11.7. The van der Waals surface area contributed by atoms with Crippen LogP contribution in [0, 0.1) is 0 Å². The summed E-state index contributed by atoms with van der Waals surface area (Å²) in [5.41, 5.74) is 8.12. The number of para-hydroxylation sites is 2. The van der Waals surface area contributed by atoms with Crippen LogP contribution < -0.4 is 10.6 Å². The Balaban J connectivity index is 0.000000186. The maximum absolute atomic E-state index is 13.8. The molecule has 0 aliphatic carbocycles. The normalized spacial score (nSPS) is 12.2. The van der Waals surface area contributed by atoms with Gasteiger partial charge < -0.3 is 19.8 Å². The highest BCUT2D eigenvalue weighted by atomic mass is 35.5. The van der Waals surface area contributed by atoms with E-state index in [9.17, 15) is 9.59 Å². The van der Waals surface area contributed by atoms with Crippen LogP contribution in [0.3, 0.4) is 0 Å². The summed E-state index contributed by atoms with van der Waals surface area (Å²) in [6, 6.07) is 51.2. The minimum absolute atomic E-state index is 0.105. The molecule has 6 nitrogen and oxygen atoms in total. The number of benzene rings is 6. The molecule has 2 heterocycles. The first-order valence-electron chi connectivity index (χ1n) is 21.6.